The summed E-state index contributed by atoms with van der Waals surface area (Å²) in [4.78, 5) is 9.25. The van der Waals surface area contributed by atoms with Crippen LogP contribution >= 0.6 is 0 Å². The summed E-state index contributed by atoms with van der Waals surface area (Å²) in [6.07, 6.45) is 3.50. The molecule has 5 nitrogen and oxygen atoms in total. The summed E-state index contributed by atoms with van der Waals surface area (Å²) >= 11 is 0. The quantitative estimate of drug-likeness (QED) is 0.629. The van der Waals surface area contributed by atoms with E-state index in [4.69, 9.17) is 14.5 Å². The molecule has 3 aromatic rings. The van der Waals surface area contributed by atoms with Crippen molar-refractivity contribution in [2.24, 2.45) is 0 Å². The summed E-state index contributed by atoms with van der Waals surface area (Å²) in [7, 11) is 3.41. The van der Waals surface area contributed by atoms with Crippen molar-refractivity contribution in [2.45, 2.75) is 19.4 Å². The van der Waals surface area contributed by atoms with Crippen molar-refractivity contribution in [2.75, 3.05) is 20.8 Å². The van der Waals surface area contributed by atoms with Crippen LogP contribution in [0.5, 0.6) is 5.75 Å². The highest BCUT2D eigenvalue weighted by molar-refractivity contribution is 5.71. The van der Waals surface area contributed by atoms with Gasteiger partial charge in [0.25, 0.3) is 0 Å². The number of fused-ring (bicyclic) bond motifs is 1. The molecule has 0 saturated heterocycles. The lowest BCUT2D eigenvalue weighted by Gasteiger charge is -2.09. The van der Waals surface area contributed by atoms with Crippen LogP contribution in [0.4, 0.5) is 0 Å². The van der Waals surface area contributed by atoms with Crippen molar-refractivity contribution in [3.63, 3.8) is 0 Å². The molecule has 2 heterocycles. The maximum atomic E-state index is 5.31. The zero-order chi connectivity index (χ0) is 16.1. The zero-order valence-electron chi connectivity index (χ0n) is 13.5. The van der Waals surface area contributed by atoms with Gasteiger partial charge in [-0.2, -0.15) is 0 Å². The first kappa shape index (κ1) is 15.5. The monoisotopic (exact) mass is 311 g/mol. The summed E-state index contributed by atoms with van der Waals surface area (Å²) in [5.74, 6) is 1.88. The fourth-order valence-electron chi connectivity index (χ4n) is 2.71. The molecule has 0 bridgehead atoms. The van der Waals surface area contributed by atoms with E-state index in [0.717, 1.165) is 48.7 Å². The Hall–Kier alpha value is -2.40. The van der Waals surface area contributed by atoms with Crippen molar-refractivity contribution in [3.05, 3.63) is 54.0 Å². The van der Waals surface area contributed by atoms with E-state index >= 15 is 0 Å². The number of hydrogen-bond acceptors (Lipinski definition) is 4. The number of pyridine rings is 1. The lowest BCUT2D eigenvalue weighted by Crippen LogP contribution is -2.07. The highest BCUT2D eigenvalue weighted by Crippen LogP contribution is 2.19. The third kappa shape index (κ3) is 3.51. The Morgan fingerprint density at radius 3 is 2.87 bits per heavy atom. The number of aromatic nitrogens is 3. The van der Waals surface area contributed by atoms with Gasteiger partial charge in [-0.05, 0) is 36.2 Å². The summed E-state index contributed by atoms with van der Waals surface area (Å²) < 4.78 is 12.7. The largest absolute Gasteiger partial charge is 0.497 e. The molecular weight excluding hydrogens is 290 g/mol. The molecule has 0 aliphatic heterocycles. The second-order valence-corrected chi connectivity index (χ2v) is 5.40. The highest BCUT2D eigenvalue weighted by Gasteiger charge is 2.12. The molecule has 0 aliphatic carbocycles. The van der Waals surface area contributed by atoms with Gasteiger partial charge in [0.15, 0.2) is 5.65 Å². The van der Waals surface area contributed by atoms with Gasteiger partial charge in [-0.25, -0.2) is 9.97 Å². The molecule has 1 aromatic carbocycles. The Morgan fingerprint density at radius 1 is 1.13 bits per heavy atom. The molecule has 0 unspecified atom stereocenters. The van der Waals surface area contributed by atoms with Crippen LogP contribution in [0.2, 0.25) is 0 Å². The first-order valence-electron chi connectivity index (χ1n) is 7.74. The maximum absolute atomic E-state index is 5.31. The van der Waals surface area contributed by atoms with Crippen LogP contribution in [0.25, 0.3) is 11.2 Å². The van der Waals surface area contributed by atoms with Crippen LogP contribution in [0.15, 0.2) is 42.6 Å². The standard InChI is InChI=1S/C18H21N3O2/c1-22-11-5-10-21-17(20-16-8-4-9-19-18(16)21)13-14-6-3-7-15(12-14)23-2/h3-4,6-9,12H,5,10-11,13H2,1-2H3. The van der Waals surface area contributed by atoms with Gasteiger partial charge in [0.05, 0.1) is 7.11 Å². The molecule has 2 aromatic heterocycles. The summed E-state index contributed by atoms with van der Waals surface area (Å²) in [5, 5.41) is 0. The Kier molecular flexibility index (Phi) is 4.88. The third-order valence-corrected chi connectivity index (χ3v) is 3.81. The van der Waals surface area contributed by atoms with E-state index in [1.165, 1.54) is 5.56 Å². The van der Waals surface area contributed by atoms with E-state index in [2.05, 4.69) is 15.6 Å². The molecule has 0 saturated carbocycles. The molecule has 0 aliphatic rings. The summed E-state index contributed by atoms with van der Waals surface area (Å²) in [6, 6.07) is 12.0. The molecule has 0 radical (unpaired) electrons. The van der Waals surface area contributed by atoms with Gasteiger partial charge in [0.1, 0.15) is 17.1 Å². The van der Waals surface area contributed by atoms with Gasteiger partial charge in [0.2, 0.25) is 0 Å². The molecule has 0 amide bonds. The van der Waals surface area contributed by atoms with E-state index in [1.54, 1.807) is 14.2 Å². The minimum atomic E-state index is 0.727. The Bertz CT molecular complexity index is 783. The zero-order valence-corrected chi connectivity index (χ0v) is 13.5. The number of hydrogen-bond donors (Lipinski definition) is 0. The number of aryl methyl sites for hydroxylation is 1. The first-order chi connectivity index (χ1) is 11.3. The van der Waals surface area contributed by atoms with Crippen LogP contribution in [-0.4, -0.2) is 35.4 Å². The average molecular weight is 311 g/mol. The highest BCUT2D eigenvalue weighted by atomic mass is 16.5. The van der Waals surface area contributed by atoms with Gasteiger partial charge < -0.3 is 14.0 Å². The molecular formula is C18H21N3O2. The Morgan fingerprint density at radius 2 is 2.04 bits per heavy atom. The maximum Gasteiger partial charge on any atom is 0.159 e. The fourth-order valence-corrected chi connectivity index (χ4v) is 2.71. The lowest BCUT2D eigenvalue weighted by atomic mass is 10.1. The van der Waals surface area contributed by atoms with Crippen molar-refractivity contribution >= 4 is 11.2 Å². The molecule has 3 rings (SSSR count). The number of methoxy groups -OCH3 is 2. The molecule has 0 N–H and O–H groups in total. The van der Waals surface area contributed by atoms with Gasteiger partial charge in [-0.1, -0.05) is 12.1 Å². The molecule has 120 valence electrons. The van der Waals surface area contributed by atoms with Gasteiger partial charge in [-0.15, -0.1) is 0 Å². The molecule has 0 fully saturated rings. The number of imidazole rings is 1. The van der Waals surface area contributed by atoms with Crippen LogP contribution in [0.1, 0.15) is 17.8 Å². The second kappa shape index (κ2) is 7.24. The van der Waals surface area contributed by atoms with Crippen LogP contribution < -0.4 is 4.74 Å². The summed E-state index contributed by atoms with van der Waals surface area (Å²) in [5.41, 5.74) is 3.04. The van der Waals surface area contributed by atoms with Crippen molar-refractivity contribution in [1.82, 2.24) is 14.5 Å². The predicted octanol–water partition coefficient (Wildman–Crippen LogP) is 3.07. The van der Waals surface area contributed by atoms with Crippen LogP contribution in [0.3, 0.4) is 0 Å². The smallest absolute Gasteiger partial charge is 0.159 e. The SMILES string of the molecule is COCCCn1c(Cc2cccc(OC)c2)nc2cccnc21. The average Bonchev–Trinajstić information content (AvgIpc) is 2.93. The number of ether oxygens (including phenoxy) is 2. The van der Waals surface area contributed by atoms with Crippen molar-refractivity contribution < 1.29 is 9.47 Å². The van der Waals surface area contributed by atoms with E-state index in [0.29, 0.717) is 0 Å². The Labute approximate surface area is 135 Å². The number of nitrogens with zero attached hydrogens (tertiary/aromatic N) is 3. The van der Waals surface area contributed by atoms with Crippen molar-refractivity contribution in [1.29, 1.82) is 0 Å². The second-order valence-electron chi connectivity index (χ2n) is 5.40. The van der Waals surface area contributed by atoms with Crippen LogP contribution in [-0.2, 0) is 17.7 Å². The molecule has 5 heteroatoms. The normalized spacial score (nSPS) is 11.0. The predicted molar refractivity (Wildman–Crippen MR) is 89.8 cm³/mol. The van der Waals surface area contributed by atoms with Crippen molar-refractivity contribution in [3.8, 4) is 5.75 Å². The minimum Gasteiger partial charge on any atom is -0.497 e. The third-order valence-electron chi connectivity index (χ3n) is 3.81. The van der Waals surface area contributed by atoms with Gasteiger partial charge in [0, 0.05) is 32.9 Å². The van der Waals surface area contributed by atoms with E-state index in [-0.39, 0.29) is 0 Å². The van der Waals surface area contributed by atoms with E-state index in [1.807, 2.05) is 36.5 Å². The lowest BCUT2D eigenvalue weighted by molar-refractivity contribution is 0.190. The minimum absolute atomic E-state index is 0.727. The van der Waals surface area contributed by atoms with E-state index < -0.39 is 0 Å². The molecule has 0 spiro atoms. The first-order valence-corrected chi connectivity index (χ1v) is 7.74. The molecule has 23 heavy (non-hydrogen) atoms. The number of benzene rings is 1. The fraction of sp³-hybridized carbons (Fsp3) is 0.333. The number of rotatable bonds is 7. The summed E-state index contributed by atoms with van der Waals surface area (Å²) in [6.45, 7) is 1.58. The van der Waals surface area contributed by atoms with Gasteiger partial charge >= 0.3 is 0 Å². The van der Waals surface area contributed by atoms with Crippen LogP contribution in [0, 0.1) is 0 Å². The van der Waals surface area contributed by atoms with Gasteiger partial charge in [-0.3, -0.25) is 0 Å². The molecule has 0 atom stereocenters. The topological polar surface area (TPSA) is 49.2 Å². The van der Waals surface area contributed by atoms with E-state index in [9.17, 15) is 0 Å². The Balaban J connectivity index is 1.93.